The maximum Gasteiger partial charge on any atom is 0.417 e. The van der Waals surface area contributed by atoms with E-state index in [4.69, 9.17) is 0 Å². The summed E-state index contributed by atoms with van der Waals surface area (Å²) in [7, 11) is 1.83. The van der Waals surface area contributed by atoms with Crippen molar-refractivity contribution in [2.24, 2.45) is 0 Å². The molecule has 0 saturated heterocycles. The number of halogens is 3. The van der Waals surface area contributed by atoms with Crippen LogP contribution in [0, 0.1) is 0 Å². The van der Waals surface area contributed by atoms with Crippen LogP contribution in [0.2, 0.25) is 0 Å². The topological polar surface area (TPSA) is 37.0 Å². The third kappa shape index (κ3) is 4.16. The molecule has 0 amide bonds. The highest BCUT2D eigenvalue weighted by atomic mass is 19.4. The van der Waals surface area contributed by atoms with Crippen molar-refractivity contribution in [1.29, 1.82) is 0 Å². The van der Waals surface area contributed by atoms with E-state index >= 15 is 0 Å². The predicted molar refractivity (Wildman–Crippen MR) is 54.9 cm³/mol. The van der Waals surface area contributed by atoms with Crippen LogP contribution in [0.4, 0.5) is 13.2 Å². The summed E-state index contributed by atoms with van der Waals surface area (Å²) in [6.45, 7) is 2.03. The standard InChI is InChI=1S/C10H14F3N3/c1-14-4-5-15-7-9-3-2-8(6-16-9)10(11,12)13/h2-3,6,14-15H,4-5,7H2,1H3. The van der Waals surface area contributed by atoms with Gasteiger partial charge in [0.15, 0.2) is 0 Å². The first-order valence-corrected chi connectivity index (χ1v) is 4.91. The van der Waals surface area contributed by atoms with Gasteiger partial charge in [0.1, 0.15) is 0 Å². The Bertz CT molecular complexity index is 308. The average molecular weight is 233 g/mol. The highest BCUT2D eigenvalue weighted by molar-refractivity contribution is 5.16. The minimum Gasteiger partial charge on any atom is -0.318 e. The molecule has 0 aliphatic heterocycles. The molecule has 90 valence electrons. The Morgan fingerprint density at radius 3 is 2.50 bits per heavy atom. The maximum atomic E-state index is 12.2. The van der Waals surface area contributed by atoms with Crippen LogP contribution in [0.5, 0.6) is 0 Å². The first-order valence-electron chi connectivity index (χ1n) is 4.91. The summed E-state index contributed by atoms with van der Waals surface area (Å²) in [4.78, 5) is 3.74. The monoisotopic (exact) mass is 233 g/mol. The van der Waals surface area contributed by atoms with Crippen molar-refractivity contribution in [1.82, 2.24) is 15.6 Å². The molecule has 0 radical (unpaired) electrons. The largest absolute Gasteiger partial charge is 0.417 e. The van der Waals surface area contributed by atoms with E-state index in [9.17, 15) is 13.2 Å². The van der Waals surface area contributed by atoms with E-state index in [1.165, 1.54) is 6.07 Å². The van der Waals surface area contributed by atoms with Crippen LogP contribution < -0.4 is 10.6 Å². The molecule has 0 spiro atoms. The molecule has 0 saturated carbocycles. The SMILES string of the molecule is CNCCNCc1ccc(C(F)(F)F)cn1. The first kappa shape index (κ1) is 12.9. The Morgan fingerprint density at radius 2 is 2.00 bits per heavy atom. The molecule has 6 heteroatoms. The lowest BCUT2D eigenvalue weighted by Gasteiger charge is -2.07. The first-order chi connectivity index (χ1) is 7.54. The molecule has 3 nitrogen and oxygen atoms in total. The molecule has 0 bridgehead atoms. The van der Waals surface area contributed by atoms with Crippen molar-refractivity contribution >= 4 is 0 Å². The third-order valence-electron chi connectivity index (χ3n) is 2.01. The summed E-state index contributed by atoms with van der Waals surface area (Å²) in [6, 6.07) is 2.43. The van der Waals surface area contributed by atoms with E-state index in [0.717, 1.165) is 25.4 Å². The second-order valence-electron chi connectivity index (χ2n) is 3.32. The van der Waals surface area contributed by atoms with Crippen molar-refractivity contribution in [2.75, 3.05) is 20.1 Å². The second-order valence-corrected chi connectivity index (χ2v) is 3.32. The zero-order chi connectivity index (χ0) is 12.0. The molecule has 1 heterocycles. The van der Waals surface area contributed by atoms with Gasteiger partial charge in [-0.1, -0.05) is 0 Å². The number of rotatable bonds is 5. The fourth-order valence-electron chi connectivity index (χ4n) is 1.13. The van der Waals surface area contributed by atoms with Gasteiger partial charge in [0.05, 0.1) is 11.3 Å². The van der Waals surface area contributed by atoms with E-state index in [1.807, 2.05) is 7.05 Å². The molecule has 1 aromatic rings. The van der Waals surface area contributed by atoms with Crippen LogP contribution in [0.15, 0.2) is 18.3 Å². The number of alkyl halides is 3. The van der Waals surface area contributed by atoms with E-state index < -0.39 is 11.7 Å². The molecule has 0 unspecified atom stereocenters. The second kappa shape index (κ2) is 5.81. The Hall–Kier alpha value is -1.14. The normalized spacial score (nSPS) is 11.8. The predicted octanol–water partition coefficient (Wildman–Crippen LogP) is 1.41. The van der Waals surface area contributed by atoms with Crippen LogP contribution in [-0.4, -0.2) is 25.1 Å². The highest BCUT2D eigenvalue weighted by Gasteiger charge is 2.30. The molecule has 1 rings (SSSR count). The minimum atomic E-state index is -4.31. The lowest BCUT2D eigenvalue weighted by molar-refractivity contribution is -0.137. The van der Waals surface area contributed by atoms with Crippen molar-refractivity contribution in [3.63, 3.8) is 0 Å². The number of hydrogen-bond acceptors (Lipinski definition) is 3. The van der Waals surface area contributed by atoms with E-state index in [-0.39, 0.29) is 0 Å². The van der Waals surface area contributed by atoms with Crippen LogP contribution in [0.3, 0.4) is 0 Å². The van der Waals surface area contributed by atoms with E-state index in [2.05, 4.69) is 15.6 Å². The minimum absolute atomic E-state index is 0.472. The van der Waals surface area contributed by atoms with Crippen LogP contribution >= 0.6 is 0 Å². The number of nitrogens with zero attached hydrogens (tertiary/aromatic N) is 1. The summed E-state index contributed by atoms with van der Waals surface area (Å²) < 4.78 is 36.6. The van der Waals surface area contributed by atoms with Gasteiger partial charge in [0, 0.05) is 25.8 Å². The Balaban J connectivity index is 2.46. The number of likely N-dealkylation sites (N-methyl/N-ethyl adjacent to an activating group) is 1. The molecule has 1 aromatic heterocycles. The van der Waals surface area contributed by atoms with Gasteiger partial charge < -0.3 is 10.6 Å². The number of nitrogens with one attached hydrogen (secondary N) is 2. The number of pyridine rings is 1. The number of aromatic nitrogens is 1. The summed E-state index contributed by atoms with van der Waals surface area (Å²) in [5, 5.41) is 6.01. The van der Waals surface area contributed by atoms with Gasteiger partial charge in [-0.2, -0.15) is 13.2 Å². The molecule has 0 fully saturated rings. The molecule has 16 heavy (non-hydrogen) atoms. The van der Waals surface area contributed by atoms with E-state index in [1.54, 1.807) is 0 Å². The van der Waals surface area contributed by atoms with Gasteiger partial charge in [0.25, 0.3) is 0 Å². The Kier molecular flexibility index (Phi) is 4.70. The summed E-state index contributed by atoms with van der Waals surface area (Å²) in [5.74, 6) is 0. The Labute approximate surface area is 92.1 Å². The maximum absolute atomic E-state index is 12.2. The fourth-order valence-corrected chi connectivity index (χ4v) is 1.13. The fraction of sp³-hybridized carbons (Fsp3) is 0.500. The van der Waals surface area contributed by atoms with Crippen LogP contribution in [0.1, 0.15) is 11.3 Å². The Morgan fingerprint density at radius 1 is 1.25 bits per heavy atom. The van der Waals surface area contributed by atoms with Crippen molar-refractivity contribution in [3.05, 3.63) is 29.6 Å². The lowest BCUT2D eigenvalue weighted by Crippen LogP contribution is -2.24. The smallest absolute Gasteiger partial charge is 0.318 e. The van der Waals surface area contributed by atoms with Gasteiger partial charge in [-0.05, 0) is 19.2 Å². The van der Waals surface area contributed by atoms with Gasteiger partial charge in [-0.3, -0.25) is 4.98 Å². The van der Waals surface area contributed by atoms with Crippen LogP contribution in [0.25, 0.3) is 0 Å². The molecule has 0 aliphatic carbocycles. The molecule has 0 aliphatic rings. The van der Waals surface area contributed by atoms with Crippen LogP contribution in [-0.2, 0) is 12.7 Å². The summed E-state index contributed by atoms with van der Waals surface area (Å²) in [6.07, 6.45) is -3.46. The van der Waals surface area contributed by atoms with Gasteiger partial charge in [-0.25, -0.2) is 0 Å². The van der Waals surface area contributed by atoms with Gasteiger partial charge in [-0.15, -0.1) is 0 Å². The number of hydrogen-bond donors (Lipinski definition) is 2. The summed E-state index contributed by atoms with van der Waals surface area (Å²) >= 11 is 0. The van der Waals surface area contributed by atoms with Crippen molar-refractivity contribution in [2.45, 2.75) is 12.7 Å². The zero-order valence-corrected chi connectivity index (χ0v) is 8.93. The van der Waals surface area contributed by atoms with E-state index in [0.29, 0.717) is 12.2 Å². The molecule has 0 atom stereocenters. The zero-order valence-electron chi connectivity index (χ0n) is 8.93. The van der Waals surface area contributed by atoms with Crippen molar-refractivity contribution in [3.8, 4) is 0 Å². The lowest BCUT2D eigenvalue weighted by atomic mass is 10.2. The highest BCUT2D eigenvalue weighted by Crippen LogP contribution is 2.28. The quantitative estimate of drug-likeness (QED) is 0.755. The molecule has 2 N–H and O–H groups in total. The van der Waals surface area contributed by atoms with Gasteiger partial charge in [0.2, 0.25) is 0 Å². The van der Waals surface area contributed by atoms with Gasteiger partial charge >= 0.3 is 6.18 Å². The average Bonchev–Trinajstić information content (AvgIpc) is 2.24. The third-order valence-corrected chi connectivity index (χ3v) is 2.01. The molecular weight excluding hydrogens is 219 g/mol. The van der Waals surface area contributed by atoms with Crippen molar-refractivity contribution < 1.29 is 13.2 Å². The summed E-state index contributed by atoms with van der Waals surface area (Å²) in [5.41, 5.74) is -0.115. The molecule has 0 aromatic carbocycles. The molecular formula is C10H14F3N3.